The minimum absolute atomic E-state index is 0.0663. The maximum absolute atomic E-state index is 12.1. The number of nitrogens with zero attached hydrogens (tertiary/aromatic N) is 1. The van der Waals surface area contributed by atoms with Crippen molar-refractivity contribution < 1.29 is 4.79 Å². The van der Waals surface area contributed by atoms with E-state index in [2.05, 4.69) is 15.3 Å². The van der Waals surface area contributed by atoms with Crippen LogP contribution in [0.25, 0.3) is 11.3 Å². The predicted octanol–water partition coefficient (Wildman–Crippen LogP) is 3.06. The molecular weight excluding hydrogens is 298 g/mol. The lowest BCUT2D eigenvalue weighted by Crippen LogP contribution is -2.22. The van der Waals surface area contributed by atoms with Crippen LogP contribution in [0.5, 0.6) is 0 Å². The zero-order valence-corrected chi connectivity index (χ0v) is 12.6. The monoisotopic (exact) mass is 311 g/mol. The Hall–Kier alpha value is -2.73. The highest BCUT2D eigenvalue weighted by Gasteiger charge is 2.14. The molecule has 0 aliphatic heterocycles. The summed E-state index contributed by atoms with van der Waals surface area (Å²) in [6, 6.07) is 12.8. The van der Waals surface area contributed by atoms with Gasteiger partial charge in [-0.25, -0.2) is 4.98 Å². The third-order valence-corrected chi connectivity index (χ3v) is 4.01. The molecule has 3 rings (SSSR count). The summed E-state index contributed by atoms with van der Waals surface area (Å²) in [4.78, 5) is 31.7. The van der Waals surface area contributed by atoms with Crippen molar-refractivity contribution >= 4 is 22.4 Å². The molecule has 6 heteroatoms. The number of pyridine rings is 1. The van der Waals surface area contributed by atoms with Crippen molar-refractivity contribution in [2.45, 2.75) is 6.92 Å². The average molecular weight is 311 g/mol. The van der Waals surface area contributed by atoms with Crippen molar-refractivity contribution in [1.29, 1.82) is 0 Å². The maximum Gasteiger partial charge on any atom is 0.263 e. The van der Waals surface area contributed by atoms with Gasteiger partial charge in [0.15, 0.2) is 5.13 Å². The van der Waals surface area contributed by atoms with Crippen molar-refractivity contribution in [3.63, 3.8) is 0 Å². The van der Waals surface area contributed by atoms with Crippen LogP contribution in [0.1, 0.15) is 15.2 Å². The number of H-pyrrole nitrogens is 1. The molecule has 0 unspecified atom stereocenters. The molecule has 0 atom stereocenters. The third kappa shape index (κ3) is 2.82. The molecule has 0 aliphatic carbocycles. The molecule has 5 nitrogen and oxygen atoms in total. The Balaban J connectivity index is 1.87. The van der Waals surface area contributed by atoms with Gasteiger partial charge in [-0.05, 0) is 19.1 Å². The number of aromatic nitrogens is 2. The van der Waals surface area contributed by atoms with Crippen LogP contribution in [0.15, 0.2) is 53.5 Å². The first-order valence-corrected chi connectivity index (χ1v) is 7.48. The van der Waals surface area contributed by atoms with E-state index >= 15 is 0 Å². The third-order valence-electron chi connectivity index (χ3n) is 3.13. The fraction of sp³-hybridized carbons (Fsp3) is 0.0625. The van der Waals surface area contributed by atoms with Crippen molar-refractivity contribution in [3.05, 3.63) is 69.5 Å². The highest BCUT2D eigenvalue weighted by molar-refractivity contribution is 7.16. The van der Waals surface area contributed by atoms with E-state index in [4.69, 9.17) is 0 Å². The van der Waals surface area contributed by atoms with Gasteiger partial charge >= 0.3 is 0 Å². The number of anilines is 1. The minimum atomic E-state index is -0.463. The minimum Gasteiger partial charge on any atom is -0.328 e. The second kappa shape index (κ2) is 5.95. The maximum atomic E-state index is 12.1. The Morgan fingerprint density at radius 1 is 1.18 bits per heavy atom. The summed E-state index contributed by atoms with van der Waals surface area (Å²) < 4.78 is 0. The largest absolute Gasteiger partial charge is 0.328 e. The van der Waals surface area contributed by atoms with E-state index in [1.165, 1.54) is 23.6 Å². The second-order valence-corrected chi connectivity index (χ2v) is 5.86. The molecule has 2 N–H and O–H groups in total. The first-order chi connectivity index (χ1) is 10.6. The number of carbonyl (C=O) groups excluding carboxylic acids is 1. The smallest absolute Gasteiger partial charge is 0.263 e. The molecule has 2 aromatic heterocycles. The summed E-state index contributed by atoms with van der Waals surface area (Å²) in [5.41, 5.74) is 1.48. The van der Waals surface area contributed by atoms with Crippen LogP contribution in [-0.2, 0) is 0 Å². The van der Waals surface area contributed by atoms with Gasteiger partial charge in [-0.1, -0.05) is 30.3 Å². The van der Waals surface area contributed by atoms with Gasteiger partial charge in [0.05, 0.1) is 5.69 Å². The molecule has 0 saturated heterocycles. The molecule has 0 spiro atoms. The van der Waals surface area contributed by atoms with Crippen LogP contribution in [0, 0.1) is 6.92 Å². The van der Waals surface area contributed by atoms with Gasteiger partial charge in [0.1, 0.15) is 5.56 Å². The summed E-state index contributed by atoms with van der Waals surface area (Å²) in [5.74, 6) is -0.463. The van der Waals surface area contributed by atoms with E-state index in [1.54, 1.807) is 6.07 Å². The molecule has 1 amide bonds. The Labute approximate surface area is 130 Å². The van der Waals surface area contributed by atoms with Crippen molar-refractivity contribution in [2.24, 2.45) is 0 Å². The fourth-order valence-electron chi connectivity index (χ4n) is 2.08. The topological polar surface area (TPSA) is 74.8 Å². The summed E-state index contributed by atoms with van der Waals surface area (Å²) in [6.45, 7) is 1.95. The Kier molecular flexibility index (Phi) is 3.84. The molecule has 0 fully saturated rings. The van der Waals surface area contributed by atoms with Gasteiger partial charge in [0.2, 0.25) is 0 Å². The summed E-state index contributed by atoms with van der Waals surface area (Å²) >= 11 is 1.38. The van der Waals surface area contributed by atoms with Gasteiger partial charge < -0.3 is 4.98 Å². The van der Waals surface area contributed by atoms with E-state index in [1.807, 2.05) is 37.3 Å². The van der Waals surface area contributed by atoms with Crippen molar-refractivity contribution in [1.82, 2.24) is 9.97 Å². The SMILES string of the molecule is Cc1sc(NC(=O)c2ccc[nH]c2=O)nc1-c1ccccc1. The average Bonchev–Trinajstić information content (AvgIpc) is 2.89. The van der Waals surface area contributed by atoms with Crippen LogP contribution >= 0.6 is 11.3 Å². The Morgan fingerprint density at radius 2 is 1.95 bits per heavy atom. The molecule has 3 aromatic rings. The molecule has 1 aromatic carbocycles. The number of carbonyl (C=O) groups is 1. The van der Waals surface area contributed by atoms with Crippen LogP contribution in [0.3, 0.4) is 0 Å². The van der Waals surface area contributed by atoms with Crippen LogP contribution in [-0.4, -0.2) is 15.9 Å². The number of hydrogen-bond acceptors (Lipinski definition) is 4. The molecule has 110 valence electrons. The molecule has 0 bridgehead atoms. The van der Waals surface area contributed by atoms with Gasteiger partial charge in [0, 0.05) is 16.6 Å². The van der Waals surface area contributed by atoms with Crippen LogP contribution in [0.4, 0.5) is 5.13 Å². The van der Waals surface area contributed by atoms with Crippen molar-refractivity contribution in [2.75, 3.05) is 5.32 Å². The quantitative estimate of drug-likeness (QED) is 0.780. The lowest BCUT2D eigenvalue weighted by atomic mass is 10.1. The molecule has 22 heavy (non-hydrogen) atoms. The van der Waals surface area contributed by atoms with Crippen molar-refractivity contribution in [3.8, 4) is 11.3 Å². The number of benzene rings is 1. The first kappa shape index (κ1) is 14.2. The summed E-state index contributed by atoms with van der Waals surface area (Å²) in [6.07, 6.45) is 1.49. The molecule has 2 heterocycles. The van der Waals surface area contributed by atoms with E-state index in [9.17, 15) is 9.59 Å². The van der Waals surface area contributed by atoms with E-state index < -0.39 is 11.5 Å². The summed E-state index contributed by atoms with van der Waals surface area (Å²) in [7, 11) is 0. The van der Waals surface area contributed by atoms with Gasteiger partial charge in [-0.3, -0.25) is 14.9 Å². The van der Waals surface area contributed by atoms with Gasteiger partial charge in [-0.15, -0.1) is 11.3 Å². The number of nitrogens with one attached hydrogen (secondary N) is 2. The zero-order chi connectivity index (χ0) is 15.5. The van der Waals surface area contributed by atoms with Crippen LogP contribution in [0.2, 0.25) is 0 Å². The van der Waals surface area contributed by atoms with Crippen LogP contribution < -0.4 is 10.9 Å². The molecule has 0 radical (unpaired) electrons. The molecule has 0 aliphatic rings. The number of thiazole rings is 1. The summed E-state index contributed by atoms with van der Waals surface area (Å²) in [5, 5.41) is 3.15. The fourth-order valence-corrected chi connectivity index (χ4v) is 2.91. The lowest BCUT2D eigenvalue weighted by Gasteiger charge is -2.00. The second-order valence-electron chi connectivity index (χ2n) is 4.66. The number of rotatable bonds is 3. The number of amides is 1. The highest BCUT2D eigenvalue weighted by Crippen LogP contribution is 2.30. The van der Waals surface area contributed by atoms with E-state index in [0.29, 0.717) is 5.13 Å². The first-order valence-electron chi connectivity index (χ1n) is 6.67. The van der Waals surface area contributed by atoms with Gasteiger partial charge in [0.25, 0.3) is 11.5 Å². The molecular formula is C16H13N3O2S. The number of aryl methyl sites for hydroxylation is 1. The normalized spacial score (nSPS) is 10.4. The van der Waals surface area contributed by atoms with E-state index in [-0.39, 0.29) is 5.56 Å². The number of aromatic amines is 1. The Bertz CT molecular complexity index is 868. The predicted molar refractivity (Wildman–Crippen MR) is 87.3 cm³/mol. The highest BCUT2D eigenvalue weighted by atomic mass is 32.1. The van der Waals surface area contributed by atoms with E-state index in [0.717, 1.165) is 16.1 Å². The molecule has 0 saturated carbocycles. The zero-order valence-electron chi connectivity index (χ0n) is 11.8. The van der Waals surface area contributed by atoms with Gasteiger partial charge in [-0.2, -0.15) is 0 Å². The number of hydrogen-bond donors (Lipinski definition) is 2. The lowest BCUT2D eigenvalue weighted by molar-refractivity contribution is 0.102. The Morgan fingerprint density at radius 3 is 2.68 bits per heavy atom. The standard InChI is InChI=1S/C16H13N3O2S/c1-10-13(11-6-3-2-4-7-11)18-16(22-10)19-15(21)12-8-5-9-17-14(12)20/h2-9H,1H3,(H,17,20)(H,18,19,21).